The average molecular weight is 264 g/mol. The highest BCUT2D eigenvalue weighted by atomic mass is 35.5. The van der Waals surface area contributed by atoms with Crippen molar-refractivity contribution in [1.29, 1.82) is 0 Å². The van der Waals surface area contributed by atoms with E-state index in [-0.39, 0.29) is 24.2 Å². The number of primary amides is 1. The van der Waals surface area contributed by atoms with Crippen molar-refractivity contribution >= 4 is 24.2 Å². The molecule has 1 saturated heterocycles. The fraction of sp³-hybridized carbons (Fsp3) is 0.818. The Morgan fingerprint density at radius 1 is 1.41 bits per heavy atom. The Morgan fingerprint density at radius 3 is 2.35 bits per heavy atom. The smallest absolute Gasteiger partial charge is 0.243 e. The SMILES string of the molecule is CCC(CC)(NC(=O)C1CCNC1)C(N)=O.Cl. The van der Waals surface area contributed by atoms with Gasteiger partial charge in [-0.25, -0.2) is 0 Å². The van der Waals surface area contributed by atoms with Crippen molar-refractivity contribution in [3.63, 3.8) is 0 Å². The fourth-order valence-electron chi connectivity index (χ4n) is 2.05. The van der Waals surface area contributed by atoms with E-state index in [1.54, 1.807) is 0 Å². The number of carbonyl (C=O) groups is 2. The molecule has 1 rings (SSSR count). The molecule has 1 aliphatic heterocycles. The van der Waals surface area contributed by atoms with Crippen molar-refractivity contribution in [3.8, 4) is 0 Å². The molecule has 0 radical (unpaired) electrons. The normalized spacial score (nSPS) is 19.5. The van der Waals surface area contributed by atoms with Crippen molar-refractivity contribution in [2.24, 2.45) is 11.7 Å². The van der Waals surface area contributed by atoms with Gasteiger partial charge in [0.15, 0.2) is 0 Å². The van der Waals surface area contributed by atoms with Crippen LogP contribution in [-0.2, 0) is 9.59 Å². The van der Waals surface area contributed by atoms with Crippen molar-refractivity contribution in [2.75, 3.05) is 13.1 Å². The van der Waals surface area contributed by atoms with Gasteiger partial charge >= 0.3 is 0 Å². The van der Waals surface area contributed by atoms with Crippen LogP contribution in [0.5, 0.6) is 0 Å². The minimum Gasteiger partial charge on any atom is -0.368 e. The topological polar surface area (TPSA) is 84.2 Å². The first-order chi connectivity index (χ1) is 7.55. The number of nitrogens with one attached hydrogen (secondary N) is 2. The van der Waals surface area contributed by atoms with E-state index in [0.29, 0.717) is 19.4 Å². The standard InChI is InChI=1S/C11H21N3O2.ClH/c1-3-11(4-2,10(12)16)14-9(15)8-5-6-13-7-8;/h8,13H,3-7H2,1-2H3,(H2,12,16)(H,14,15);1H. The van der Waals surface area contributed by atoms with Gasteiger partial charge in [0.25, 0.3) is 0 Å². The summed E-state index contributed by atoms with van der Waals surface area (Å²) in [5, 5.41) is 5.95. The van der Waals surface area contributed by atoms with E-state index in [2.05, 4.69) is 10.6 Å². The van der Waals surface area contributed by atoms with Crippen molar-refractivity contribution in [1.82, 2.24) is 10.6 Å². The van der Waals surface area contributed by atoms with Crippen LogP contribution in [0.3, 0.4) is 0 Å². The number of carbonyl (C=O) groups excluding carboxylic acids is 2. The molecule has 4 N–H and O–H groups in total. The molecule has 1 aliphatic rings. The number of halogens is 1. The molecule has 0 aliphatic carbocycles. The summed E-state index contributed by atoms with van der Waals surface area (Å²) < 4.78 is 0. The molecule has 0 spiro atoms. The van der Waals surface area contributed by atoms with E-state index in [1.807, 2.05) is 13.8 Å². The zero-order valence-electron chi connectivity index (χ0n) is 10.4. The summed E-state index contributed by atoms with van der Waals surface area (Å²) in [5.41, 5.74) is 4.50. The highest BCUT2D eigenvalue weighted by Crippen LogP contribution is 2.17. The lowest BCUT2D eigenvalue weighted by atomic mass is 9.91. The van der Waals surface area contributed by atoms with Crippen LogP contribution in [-0.4, -0.2) is 30.4 Å². The second-order valence-corrected chi connectivity index (χ2v) is 4.33. The summed E-state index contributed by atoms with van der Waals surface area (Å²) in [5.74, 6) is -0.541. The van der Waals surface area contributed by atoms with Gasteiger partial charge in [0.1, 0.15) is 5.54 Å². The molecule has 2 amide bonds. The first-order valence-corrected chi connectivity index (χ1v) is 5.88. The molecule has 5 nitrogen and oxygen atoms in total. The van der Waals surface area contributed by atoms with Crippen molar-refractivity contribution < 1.29 is 9.59 Å². The maximum Gasteiger partial charge on any atom is 0.243 e. The van der Waals surface area contributed by atoms with Crippen LogP contribution in [0.1, 0.15) is 33.1 Å². The maximum absolute atomic E-state index is 11.9. The molecule has 6 heteroatoms. The van der Waals surface area contributed by atoms with E-state index in [9.17, 15) is 9.59 Å². The second kappa shape index (κ2) is 6.81. The Morgan fingerprint density at radius 2 is 2.00 bits per heavy atom. The molecule has 1 heterocycles. The highest BCUT2D eigenvalue weighted by molar-refractivity contribution is 5.91. The second-order valence-electron chi connectivity index (χ2n) is 4.33. The van der Waals surface area contributed by atoms with Crippen LogP contribution in [0.15, 0.2) is 0 Å². The van der Waals surface area contributed by atoms with Gasteiger partial charge < -0.3 is 16.4 Å². The Labute approximate surface area is 108 Å². The Hall–Kier alpha value is -0.810. The molecule has 17 heavy (non-hydrogen) atoms. The van der Waals surface area contributed by atoms with Gasteiger partial charge in [-0.1, -0.05) is 13.8 Å². The third-order valence-electron chi connectivity index (χ3n) is 3.47. The van der Waals surface area contributed by atoms with E-state index in [1.165, 1.54) is 0 Å². The lowest BCUT2D eigenvalue weighted by Crippen LogP contribution is -2.58. The Balaban J connectivity index is 0.00000256. The number of hydrogen-bond donors (Lipinski definition) is 3. The van der Waals surface area contributed by atoms with Gasteiger partial charge in [-0.2, -0.15) is 0 Å². The fourth-order valence-corrected chi connectivity index (χ4v) is 2.05. The molecule has 100 valence electrons. The van der Waals surface area contributed by atoms with Gasteiger partial charge in [-0.05, 0) is 25.8 Å². The summed E-state index contributed by atoms with van der Waals surface area (Å²) >= 11 is 0. The largest absolute Gasteiger partial charge is 0.368 e. The van der Waals surface area contributed by atoms with Gasteiger partial charge in [0, 0.05) is 6.54 Å². The third-order valence-corrected chi connectivity index (χ3v) is 3.47. The highest BCUT2D eigenvalue weighted by Gasteiger charge is 2.36. The van der Waals surface area contributed by atoms with Gasteiger partial charge in [0.2, 0.25) is 11.8 Å². The van der Waals surface area contributed by atoms with Crippen molar-refractivity contribution in [2.45, 2.75) is 38.6 Å². The van der Waals surface area contributed by atoms with Crippen LogP contribution in [0.2, 0.25) is 0 Å². The monoisotopic (exact) mass is 263 g/mol. The molecule has 1 unspecified atom stereocenters. The average Bonchev–Trinajstić information content (AvgIpc) is 2.78. The molecule has 0 bridgehead atoms. The van der Waals surface area contributed by atoms with E-state index < -0.39 is 11.4 Å². The van der Waals surface area contributed by atoms with Crippen LogP contribution in [0.4, 0.5) is 0 Å². The molecule has 0 aromatic heterocycles. The lowest BCUT2D eigenvalue weighted by Gasteiger charge is -2.30. The van der Waals surface area contributed by atoms with Crippen LogP contribution >= 0.6 is 12.4 Å². The number of amides is 2. The summed E-state index contributed by atoms with van der Waals surface area (Å²) in [7, 11) is 0. The molecule has 0 aromatic rings. The predicted octanol–water partition coefficient (Wildman–Crippen LogP) is 0.178. The maximum atomic E-state index is 11.9. The first kappa shape index (κ1) is 16.2. The van der Waals surface area contributed by atoms with Gasteiger partial charge in [-0.15, -0.1) is 12.4 Å². The Bertz CT molecular complexity index is 274. The molecule has 0 saturated carbocycles. The number of rotatable bonds is 5. The summed E-state index contributed by atoms with van der Waals surface area (Å²) in [6.07, 6.45) is 1.89. The lowest BCUT2D eigenvalue weighted by molar-refractivity contribution is -0.133. The summed E-state index contributed by atoms with van der Waals surface area (Å²) in [4.78, 5) is 23.4. The zero-order chi connectivity index (χ0) is 12.2. The molecule has 1 atom stereocenters. The van der Waals surface area contributed by atoms with Gasteiger partial charge in [0.05, 0.1) is 5.92 Å². The minimum atomic E-state index is -0.875. The number of nitrogens with two attached hydrogens (primary N) is 1. The molecular weight excluding hydrogens is 242 g/mol. The van der Waals surface area contributed by atoms with E-state index in [4.69, 9.17) is 5.73 Å². The van der Waals surface area contributed by atoms with Crippen LogP contribution in [0.25, 0.3) is 0 Å². The zero-order valence-corrected chi connectivity index (χ0v) is 11.2. The molecule has 1 fully saturated rings. The minimum absolute atomic E-state index is 0. The predicted molar refractivity (Wildman–Crippen MR) is 68.9 cm³/mol. The van der Waals surface area contributed by atoms with Crippen molar-refractivity contribution in [3.05, 3.63) is 0 Å². The molecular formula is C11H22ClN3O2. The van der Waals surface area contributed by atoms with Crippen LogP contribution < -0.4 is 16.4 Å². The van der Waals surface area contributed by atoms with Gasteiger partial charge in [-0.3, -0.25) is 9.59 Å². The van der Waals surface area contributed by atoms with E-state index in [0.717, 1.165) is 13.0 Å². The summed E-state index contributed by atoms with van der Waals surface area (Å²) in [6, 6.07) is 0. The Kier molecular flexibility index (Phi) is 6.49. The first-order valence-electron chi connectivity index (χ1n) is 5.88. The number of hydrogen-bond acceptors (Lipinski definition) is 3. The third kappa shape index (κ3) is 3.57. The van der Waals surface area contributed by atoms with E-state index >= 15 is 0 Å². The van der Waals surface area contributed by atoms with Crippen LogP contribution in [0, 0.1) is 5.92 Å². The quantitative estimate of drug-likeness (QED) is 0.662. The summed E-state index contributed by atoms with van der Waals surface area (Å²) in [6.45, 7) is 5.27. The molecule has 0 aromatic carbocycles.